The van der Waals surface area contributed by atoms with E-state index in [0.29, 0.717) is 5.56 Å². The largest absolute Gasteiger partial charge is 0.334 e. The van der Waals surface area contributed by atoms with Gasteiger partial charge in [-0.25, -0.2) is 4.39 Å². The zero-order chi connectivity index (χ0) is 22.0. The Bertz CT molecular complexity index is 1140. The Labute approximate surface area is 180 Å². The molecule has 1 aliphatic heterocycles. The average molecular weight is 416 g/mol. The van der Waals surface area contributed by atoms with Crippen molar-refractivity contribution < 1.29 is 18.7 Å². The van der Waals surface area contributed by atoms with E-state index in [1.807, 2.05) is 50.2 Å². The number of aryl methyl sites for hydroxylation is 2. The van der Waals surface area contributed by atoms with Crippen LogP contribution in [0.2, 0.25) is 0 Å². The molecule has 156 valence electrons. The molecule has 0 bridgehead atoms. The first-order chi connectivity index (χ1) is 14.9. The Morgan fingerprint density at radius 3 is 2.13 bits per heavy atom. The lowest BCUT2D eigenvalue weighted by Gasteiger charge is -2.15. The van der Waals surface area contributed by atoms with Crippen LogP contribution >= 0.6 is 0 Å². The highest BCUT2D eigenvalue weighted by Gasteiger charge is 2.47. The minimum absolute atomic E-state index is 0.315. The van der Waals surface area contributed by atoms with Crippen LogP contribution in [0, 0.1) is 19.7 Å². The number of hydrazone groups is 1. The number of hydrogen-bond donors (Lipinski definition) is 2. The third-order valence-corrected chi connectivity index (χ3v) is 5.31. The fourth-order valence-corrected chi connectivity index (χ4v) is 3.58. The fourth-order valence-electron chi connectivity index (χ4n) is 3.58. The normalized spacial score (nSPS) is 19.3. The zero-order valence-electron chi connectivity index (χ0n) is 17.3. The Balaban J connectivity index is 1.69. The monoisotopic (exact) mass is 416 g/mol. The van der Waals surface area contributed by atoms with E-state index in [2.05, 4.69) is 10.7 Å². The molecule has 4 rings (SSSR count). The molecule has 3 aromatic carbocycles. The molecular formula is C25H23FN3O2+. The van der Waals surface area contributed by atoms with E-state index in [0.717, 1.165) is 22.3 Å². The number of hydrazine groups is 1. The van der Waals surface area contributed by atoms with Crippen molar-refractivity contribution in [2.75, 3.05) is 0 Å². The zero-order valence-corrected chi connectivity index (χ0v) is 17.3. The summed E-state index contributed by atoms with van der Waals surface area (Å²) in [6.45, 7) is 3.93. The highest BCUT2D eigenvalue weighted by molar-refractivity contribution is 5.98. The van der Waals surface area contributed by atoms with Crippen LogP contribution in [0.4, 0.5) is 4.39 Å². The molecule has 1 aliphatic rings. The van der Waals surface area contributed by atoms with Crippen molar-refractivity contribution in [3.8, 4) is 0 Å². The summed E-state index contributed by atoms with van der Waals surface area (Å²) in [4.78, 5) is 25.7. The summed E-state index contributed by atoms with van der Waals surface area (Å²) < 4.78 is 15.0. The number of halogens is 1. The Morgan fingerprint density at radius 1 is 0.935 bits per heavy atom. The lowest BCUT2D eigenvalue weighted by atomic mass is 9.98. The number of benzene rings is 3. The van der Waals surface area contributed by atoms with Gasteiger partial charge in [0.05, 0.1) is 0 Å². The van der Waals surface area contributed by atoms with Gasteiger partial charge in [-0.1, -0.05) is 47.5 Å². The molecule has 6 heteroatoms. The predicted molar refractivity (Wildman–Crippen MR) is 116 cm³/mol. The number of rotatable bonds is 4. The molecule has 1 saturated heterocycles. The molecule has 31 heavy (non-hydrogen) atoms. The first-order valence-electron chi connectivity index (χ1n) is 10.0. The summed E-state index contributed by atoms with van der Waals surface area (Å²) in [5.41, 5.74) is 7.05. The van der Waals surface area contributed by atoms with Crippen molar-refractivity contribution >= 4 is 18.0 Å². The Kier molecular flexibility index (Phi) is 5.62. The highest BCUT2D eigenvalue weighted by atomic mass is 19.1. The van der Waals surface area contributed by atoms with Gasteiger partial charge >= 0.3 is 5.91 Å². The Hall–Kier alpha value is -3.80. The molecule has 1 heterocycles. The summed E-state index contributed by atoms with van der Waals surface area (Å²) in [7, 11) is 0. The summed E-state index contributed by atoms with van der Waals surface area (Å²) >= 11 is 0. The summed E-state index contributed by atoms with van der Waals surface area (Å²) in [5, 5.41) is 2.88. The molecule has 5 nitrogen and oxygen atoms in total. The van der Waals surface area contributed by atoms with E-state index in [9.17, 15) is 14.0 Å². The standard InChI is InChI=1S/C25H22FN3O2/c1-16-3-9-19(10-4-16)23-22(27-24(30)20-11-5-17(2)6-12-20)25(31)28-29(23)15-18-7-13-21(26)14-8-18/h3-15,22-23H,1-2H3,(H-,27,28,30,31)/p+1/b29-15-/t22-,23-/m1/s1. The van der Waals surface area contributed by atoms with E-state index in [1.54, 1.807) is 35.2 Å². The second-order valence-electron chi connectivity index (χ2n) is 7.74. The minimum atomic E-state index is -0.798. The van der Waals surface area contributed by atoms with Gasteiger partial charge in [-0.2, -0.15) is 0 Å². The van der Waals surface area contributed by atoms with Gasteiger partial charge in [0.15, 0.2) is 6.04 Å². The van der Waals surface area contributed by atoms with Gasteiger partial charge in [0.1, 0.15) is 5.82 Å². The molecule has 0 aliphatic carbocycles. The van der Waals surface area contributed by atoms with E-state index in [-0.39, 0.29) is 17.6 Å². The Morgan fingerprint density at radius 2 is 1.52 bits per heavy atom. The van der Waals surface area contributed by atoms with Gasteiger partial charge in [0.25, 0.3) is 5.91 Å². The van der Waals surface area contributed by atoms with Gasteiger partial charge in [-0.15, -0.1) is 10.1 Å². The first-order valence-corrected chi connectivity index (χ1v) is 10.0. The van der Waals surface area contributed by atoms with Crippen molar-refractivity contribution in [3.63, 3.8) is 0 Å². The summed E-state index contributed by atoms with van der Waals surface area (Å²) in [5.74, 6) is -0.966. The smallest absolute Gasteiger partial charge is 0.304 e. The van der Waals surface area contributed by atoms with Crippen LogP contribution < -0.4 is 10.7 Å². The van der Waals surface area contributed by atoms with E-state index < -0.39 is 12.1 Å². The van der Waals surface area contributed by atoms with Crippen LogP contribution in [0.1, 0.15) is 38.7 Å². The third kappa shape index (κ3) is 4.53. The van der Waals surface area contributed by atoms with Gasteiger partial charge < -0.3 is 5.32 Å². The van der Waals surface area contributed by atoms with Crippen molar-refractivity contribution in [2.24, 2.45) is 0 Å². The van der Waals surface area contributed by atoms with E-state index in [1.165, 1.54) is 12.1 Å². The molecule has 0 aromatic heterocycles. The number of amides is 2. The van der Waals surface area contributed by atoms with Gasteiger partial charge in [-0.05, 0) is 50.2 Å². The van der Waals surface area contributed by atoms with Crippen LogP contribution in [0.25, 0.3) is 0 Å². The second-order valence-corrected chi connectivity index (χ2v) is 7.74. The molecular weight excluding hydrogens is 393 g/mol. The molecule has 2 N–H and O–H groups in total. The quantitative estimate of drug-likeness (QED) is 0.640. The fraction of sp³-hybridized carbons (Fsp3) is 0.160. The maximum Gasteiger partial charge on any atom is 0.304 e. The van der Waals surface area contributed by atoms with Gasteiger partial charge in [0.2, 0.25) is 12.3 Å². The maximum atomic E-state index is 13.3. The lowest BCUT2D eigenvalue weighted by Crippen LogP contribution is -2.42. The van der Waals surface area contributed by atoms with Crippen molar-refractivity contribution in [1.29, 1.82) is 0 Å². The van der Waals surface area contributed by atoms with Crippen LogP contribution in [-0.4, -0.2) is 28.8 Å². The molecule has 3 aromatic rings. The topological polar surface area (TPSA) is 61.2 Å². The van der Waals surface area contributed by atoms with Gasteiger partial charge in [0, 0.05) is 16.7 Å². The molecule has 0 radical (unpaired) electrons. The molecule has 0 saturated carbocycles. The van der Waals surface area contributed by atoms with Gasteiger partial charge in [-0.3, -0.25) is 9.59 Å². The van der Waals surface area contributed by atoms with Crippen LogP contribution in [0.15, 0.2) is 72.8 Å². The van der Waals surface area contributed by atoms with Crippen LogP contribution in [0.3, 0.4) is 0 Å². The van der Waals surface area contributed by atoms with Crippen molar-refractivity contribution in [2.45, 2.75) is 25.9 Å². The van der Waals surface area contributed by atoms with E-state index >= 15 is 0 Å². The third-order valence-electron chi connectivity index (χ3n) is 5.31. The van der Waals surface area contributed by atoms with Crippen molar-refractivity contribution in [3.05, 3.63) is 106 Å². The SMILES string of the molecule is Cc1ccc(C(=O)N[C@H]2C(=O)N/[N+](=C\c3ccc(F)cc3)[C@@H]2c2ccc(C)cc2)cc1. The van der Waals surface area contributed by atoms with E-state index in [4.69, 9.17) is 0 Å². The number of nitrogens with zero attached hydrogens (tertiary/aromatic N) is 1. The molecule has 2 amide bonds. The number of carbonyl (C=O) groups is 2. The maximum absolute atomic E-state index is 13.3. The molecule has 1 fully saturated rings. The molecule has 0 spiro atoms. The number of hydrogen-bond acceptors (Lipinski definition) is 2. The lowest BCUT2D eigenvalue weighted by molar-refractivity contribution is -0.596. The van der Waals surface area contributed by atoms with Crippen molar-refractivity contribution in [1.82, 2.24) is 10.7 Å². The highest BCUT2D eigenvalue weighted by Crippen LogP contribution is 2.26. The summed E-state index contributed by atoms with van der Waals surface area (Å²) in [6.07, 6.45) is 1.74. The predicted octanol–water partition coefficient (Wildman–Crippen LogP) is 3.46. The summed E-state index contributed by atoms with van der Waals surface area (Å²) in [6, 6.07) is 19.7. The van der Waals surface area contributed by atoms with Crippen LogP contribution in [-0.2, 0) is 4.79 Å². The molecule has 2 atom stereocenters. The second kappa shape index (κ2) is 8.52. The number of carbonyl (C=O) groups excluding carboxylic acids is 2. The van der Waals surface area contributed by atoms with Crippen LogP contribution in [0.5, 0.6) is 0 Å². The minimum Gasteiger partial charge on any atom is -0.334 e. The first kappa shape index (κ1) is 20.5. The molecule has 0 unspecified atom stereocenters. The number of nitrogens with one attached hydrogen (secondary N) is 2. The average Bonchev–Trinajstić information content (AvgIpc) is 3.05.